The van der Waals surface area contributed by atoms with Crippen molar-refractivity contribution in [1.29, 1.82) is 0 Å². The fourth-order valence-electron chi connectivity index (χ4n) is 7.10. The number of para-hydroxylation sites is 2. The zero-order valence-electron chi connectivity index (χ0n) is 29.5. The van der Waals surface area contributed by atoms with Gasteiger partial charge in [0.2, 0.25) is 0 Å². The average molecular weight is 706 g/mol. The molecule has 0 atom stereocenters. The second kappa shape index (κ2) is 13.7. The van der Waals surface area contributed by atoms with Crippen molar-refractivity contribution in [3.8, 4) is 73.8 Å². The van der Waals surface area contributed by atoms with Gasteiger partial charge in [0.15, 0.2) is 17.5 Å². The standard InChI is InChI=1S/C48H31N7/c1-4-14-32(15-5-1)36-28-42(51-43(29-36)41-30-37(26-27-49-41)55-44-22-12-10-20-38(44)39-21-11-13-23-45(39)55)40-25-24-35(31-50-40)48-53-46(33-16-6-2-7-17-33)52-47(54-48)34-18-8-3-9-19-34/h1-31H. The molecular formula is C48H31N7. The first-order valence-electron chi connectivity index (χ1n) is 18.1. The number of aromatic nitrogens is 7. The predicted octanol–water partition coefficient (Wildman–Crippen LogP) is 11.2. The Morgan fingerprint density at radius 3 is 1.40 bits per heavy atom. The monoisotopic (exact) mass is 705 g/mol. The van der Waals surface area contributed by atoms with Crippen LogP contribution in [-0.2, 0) is 0 Å². The fourth-order valence-corrected chi connectivity index (χ4v) is 7.10. The van der Waals surface area contributed by atoms with Crippen molar-refractivity contribution >= 4 is 21.8 Å². The molecule has 0 aliphatic heterocycles. The molecule has 0 amide bonds. The predicted molar refractivity (Wildman–Crippen MR) is 220 cm³/mol. The average Bonchev–Trinajstić information content (AvgIpc) is 3.61. The lowest BCUT2D eigenvalue weighted by Crippen LogP contribution is -2.00. The maximum atomic E-state index is 5.18. The molecule has 258 valence electrons. The number of hydrogen-bond acceptors (Lipinski definition) is 6. The molecular weight excluding hydrogens is 675 g/mol. The van der Waals surface area contributed by atoms with Crippen LogP contribution >= 0.6 is 0 Å². The van der Waals surface area contributed by atoms with Crippen molar-refractivity contribution in [2.75, 3.05) is 0 Å². The first-order valence-corrected chi connectivity index (χ1v) is 18.1. The van der Waals surface area contributed by atoms with Crippen LogP contribution < -0.4 is 0 Å². The summed E-state index contributed by atoms with van der Waals surface area (Å²) < 4.78 is 2.30. The van der Waals surface area contributed by atoms with Gasteiger partial charge >= 0.3 is 0 Å². The van der Waals surface area contributed by atoms with Crippen molar-refractivity contribution in [1.82, 2.24) is 34.5 Å². The molecule has 5 aromatic carbocycles. The molecule has 0 N–H and O–H groups in total. The minimum atomic E-state index is 0.546. The second-order valence-electron chi connectivity index (χ2n) is 13.2. The SMILES string of the molecule is c1ccc(-c2cc(-c3ccc(-c4nc(-c5ccccc5)nc(-c5ccccc5)n4)cn3)nc(-c3cc(-n4c5ccccc5c5ccccc54)ccn3)c2)cc1. The summed E-state index contributed by atoms with van der Waals surface area (Å²) in [5, 5.41) is 2.42. The Labute approximate surface area is 317 Å². The Kier molecular flexibility index (Phi) is 8.00. The zero-order valence-corrected chi connectivity index (χ0v) is 29.5. The van der Waals surface area contributed by atoms with Crippen LogP contribution in [0.15, 0.2) is 188 Å². The number of rotatable bonds is 7. The number of hydrogen-bond donors (Lipinski definition) is 0. The molecule has 0 saturated carbocycles. The first kappa shape index (κ1) is 32.0. The second-order valence-corrected chi connectivity index (χ2v) is 13.2. The molecule has 0 spiro atoms. The Morgan fingerprint density at radius 2 is 0.836 bits per heavy atom. The van der Waals surface area contributed by atoms with Gasteiger partial charge < -0.3 is 4.57 Å². The van der Waals surface area contributed by atoms with Gasteiger partial charge in [0.05, 0.1) is 33.8 Å². The molecule has 0 aliphatic rings. The molecule has 0 bridgehead atoms. The molecule has 5 heterocycles. The van der Waals surface area contributed by atoms with Crippen LogP contribution in [0.5, 0.6) is 0 Å². The van der Waals surface area contributed by atoms with Crippen molar-refractivity contribution in [3.05, 3.63) is 188 Å². The van der Waals surface area contributed by atoms with Crippen LogP contribution in [0.3, 0.4) is 0 Å². The quantitative estimate of drug-likeness (QED) is 0.164. The smallest absolute Gasteiger partial charge is 0.165 e. The van der Waals surface area contributed by atoms with Crippen LogP contribution in [0.2, 0.25) is 0 Å². The topological polar surface area (TPSA) is 82.3 Å². The third-order valence-corrected chi connectivity index (χ3v) is 9.76. The lowest BCUT2D eigenvalue weighted by Gasteiger charge is -2.12. The summed E-state index contributed by atoms with van der Waals surface area (Å²) >= 11 is 0. The van der Waals surface area contributed by atoms with Gasteiger partial charge in [0.1, 0.15) is 0 Å². The largest absolute Gasteiger partial charge is 0.309 e. The number of nitrogens with zero attached hydrogens (tertiary/aromatic N) is 7. The van der Waals surface area contributed by atoms with E-state index >= 15 is 0 Å². The van der Waals surface area contributed by atoms with Gasteiger partial charge in [-0.3, -0.25) is 9.97 Å². The summed E-state index contributed by atoms with van der Waals surface area (Å²) in [6.45, 7) is 0. The summed E-state index contributed by atoms with van der Waals surface area (Å²) in [4.78, 5) is 29.6. The van der Waals surface area contributed by atoms with Crippen LogP contribution in [0.1, 0.15) is 0 Å². The van der Waals surface area contributed by atoms with Gasteiger partial charge in [-0.1, -0.05) is 127 Å². The molecule has 0 saturated heterocycles. The normalized spacial score (nSPS) is 11.3. The minimum absolute atomic E-state index is 0.546. The van der Waals surface area contributed by atoms with Crippen LogP contribution in [0.4, 0.5) is 0 Å². The molecule has 10 aromatic rings. The van der Waals surface area contributed by atoms with Crippen LogP contribution in [-0.4, -0.2) is 34.5 Å². The van der Waals surface area contributed by atoms with Crippen molar-refractivity contribution in [3.63, 3.8) is 0 Å². The van der Waals surface area contributed by atoms with E-state index < -0.39 is 0 Å². The third-order valence-electron chi connectivity index (χ3n) is 9.76. The molecule has 7 nitrogen and oxygen atoms in total. The minimum Gasteiger partial charge on any atom is -0.309 e. The van der Waals surface area contributed by atoms with E-state index in [-0.39, 0.29) is 0 Å². The van der Waals surface area contributed by atoms with Gasteiger partial charge in [-0.2, -0.15) is 0 Å². The van der Waals surface area contributed by atoms with E-state index in [1.807, 2.05) is 103 Å². The summed E-state index contributed by atoms with van der Waals surface area (Å²) in [6, 6.07) is 59.6. The molecule has 55 heavy (non-hydrogen) atoms. The van der Waals surface area contributed by atoms with Crippen molar-refractivity contribution < 1.29 is 0 Å². The van der Waals surface area contributed by atoms with E-state index in [1.54, 1.807) is 0 Å². The van der Waals surface area contributed by atoms with E-state index in [1.165, 1.54) is 10.8 Å². The van der Waals surface area contributed by atoms with Gasteiger partial charge in [-0.15, -0.1) is 0 Å². The summed E-state index contributed by atoms with van der Waals surface area (Å²) in [6.07, 6.45) is 3.67. The van der Waals surface area contributed by atoms with E-state index in [4.69, 9.17) is 29.9 Å². The molecule has 0 unspecified atom stereocenters. The van der Waals surface area contributed by atoms with Gasteiger partial charge in [-0.25, -0.2) is 19.9 Å². The molecule has 0 aliphatic carbocycles. The summed E-state index contributed by atoms with van der Waals surface area (Å²) in [5.74, 6) is 1.75. The van der Waals surface area contributed by atoms with Crippen molar-refractivity contribution in [2.24, 2.45) is 0 Å². The molecule has 0 radical (unpaired) electrons. The highest BCUT2D eigenvalue weighted by Crippen LogP contribution is 2.34. The van der Waals surface area contributed by atoms with Crippen LogP contribution in [0, 0.1) is 0 Å². The highest BCUT2D eigenvalue weighted by atomic mass is 15.0. The highest BCUT2D eigenvalue weighted by Gasteiger charge is 2.16. The maximum Gasteiger partial charge on any atom is 0.165 e. The van der Waals surface area contributed by atoms with Gasteiger partial charge in [0.25, 0.3) is 0 Å². The Morgan fingerprint density at radius 1 is 0.327 bits per heavy atom. The lowest BCUT2D eigenvalue weighted by molar-refractivity contribution is 1.07. The molecule has 5 aromatic heterocycles. The highest BCUT2D eigenvalue weighted by molar-refractivity contribution is 6.09. The maximum absolute atomic E-state index is 5.18. The number of benzene rings is 5. The summed E-state index contributed by atoms with van der Waals surface area (Å²) in [5.41, 5.74) is 11.0. The first-order chi connectivity index (χ1) is 27.2. The lowest BCUT2D eigenvalue weighted by atomic mass is 10.0. The van der Waals surface area contributed by atoms with Crippen molar-refractivity contribution in [2.45, 2.75) is 0 Å². The third kappa shape index (κ3) is 6.09. The van der Waals surface area contributed by atoms with E-state index in [2.05, 4.69) is 89.5 Å². The fraction of sp³-hybridized carbons (Fsp3) is 0. The Balaban J connectivity index is 1.07. The molecule has 7 heteroatoms. The Bertz CT molecular complexity index is 2850. The van der Waals surface area contributed by atoms with Crippen LogP contribution in [0.25, 0.3) is 95.6 Å². The molecule has 10 rings (SSSR count). The molecule has 0 fully saturated rings. The van der Waals surface area contributed by atoms with E-state index in [0.717, 1.165) is 67.3 Å². The zero-order chi connectivity index (χ0) is 36.6. The van der Waals surface area contributed by atoms with Gasteiger partial charge in [-0.05, 0) is 59.7 Å². The number of fused-ring (bicyclic) bond motifs is 3. The van der Waals surface area contributed by atoms with E-state index in [9.17, 15) is 0 Å². The van der Waals surface area contributed by atoms with E-state index in [0.29, 0.717) is 17.5 Å². The summed E-state index contributed by atoms with van der Waals surface area (Å²) in [7, 11) is 0. The Hall–Kier alpha value is -7.64. The number of pyridine rings is 3. The van der Waals surface area contributed by atoms with Gasteiger partial charge in [0, 0.05) is 45.5 Å².